The molecule has 0 fully saturated rings. The summed E-state index contributed by atoms with van der Waals surface area (Å²) >= 11 is 6.09. The van der Waals surface area contributed by atoms with E-state index in [0.29, 0.717) is 30.3 Å². The topological polar surface area (TPSA) is 56.1 Å². The molecule has 1 atom stereocenters. The second kappa shape index (κ2) is 7.94. The van der Waals surface area contributed by atoms with Crippen molar-refractivity contribution in [2.75, 3.05) is 13.2 Å². The van der Waals surface area contributed by atoms with Gasteiger partial charge in [-0.05, 0) is 29.7 Å². The largest absolute Gasteiger partial charge is 0.370 e. The van der Waals surface area contributed by atoms with Gasteiger partial charge in [-0.2, -0.15) is 5.10 Å². The summed E-state index contributed by atoms with van der Waals surface area (Å²) in [5, 5.41) is 8.06. The number of aromatic nitrogens is 2. The van der Waals surface area contributed by atoms with Gasteiger partial charge in [0.05, 0.1) is 29.4 Å². The fourth-order valence-electron chi connectivity index (χ4n) is 3.26. The standard InChI is InChI=1S/C21H20ClN3O2/c22-18-9-5-4-8-17(18)21(26)23-12-19-20-16(10-11-27-19)14-25(24-20)13-15-6-2-1-3-7-15/h1-9,14,19H,10-13H2,(H,23,26). The predicted molar refractivity (Wildman–Crippen MR) is 104 cm³/mol. The van der Waals surface area contributed by atoms with Crippen LogP contribution in [0.25, 0.3) is 0 Å². The normalized spacial score (nSPS) is 16.0. The van der Waals surface area contributed by atoms with Crippen molar-refractivity contribution in [2.24, 2.45) is 0 Å². The van der Waals surface area contributed by atoms with Crippen molar-refractivity contribution in [1.29, 1.82) is 0 Å². The van der Waals surface area contributed by atoms with E-state index < -0.39 is 0 Å². The number of rotatable bonds is 5. The first-order valence-corrected chi connectivity index (χ1v) is 9.33. The summed E-state index contributed by atoms with van der Waals surface area (Å²) in [6.45, 7) is 1.70. The second-order valence-electron chi connectivity index (χ2n) is 6.52. The van der Waals surface area contributed by atoms with Crippen LogP contribution in [0.4, 0.5) is 0 Å². The summed E-state index contributed by atoms with van der Waals surface area (Å²) in [7, 11) is 0. The van der Waals surface area contributed by atoms with E-state index in [9.17, 15) is 4.79 Å². The molecule has 0 aliphatic carbocycles. The first-order chi connectivity index (χ1) is 13.2. The molecule has 0 radical (unpaired) electrons. The molecule has 0 spiro atoms. The van der Waals surface area contributed by atoms with Gasteiger partial charge in [-0.15, -0.1) is 0 Å². The number of benzene rings is 2. The van der Waals surface area contributed by atoms with Gasteiger partial charge in [0.1, 0.15) is 6.10 Å². The lowest BCUT2D eigenvalue weighted by atomic mass is 10.1. The van der Waals surface area contributed by atoms with Crippen LogP contribution < -0.4 is 5.32 Å². The van der Waals surface area contributed by atoms with Crippen LogP contribution in [-0.4, -0.2) is 28.8 Å². The Balaban J connectivity index is 1.45. The lowest BCUT2D eigenvalue weighted by Crippen LogP contribution is -2.32. The van der Waals surface area contributed by atoms with Crippen molar-refractivity contribution >= 4 is 17.5 Å². The average molecular weight is 382 g/mol. The highest BCUT2D eigenvalue weighted by atomic mass is 35.5. The molecule has 1 unspecified atom stereocenters. The zero-order valence-electron chi connectivity index (χ0n) is 14.8. The lowest BCUT2D eigenvalue weighted by molar-refractivity contribution is 0.0383. The molecule has 1 aromatic heterocycles. The monoisotopic (exact) mass is 381 g/mol. The number of nitrogens with zero attached hydrogens (tertiary/aromatic N) is 2. The molecule has 0 bridgehead atoms. The molecule has 3 aromatic rings. The molecular weight excluding hydrogens is 362 g/mol. The van der Waals surface area contributed by atoms with Crippen molar-refractivity contribution in [2.45, 2.75) is 19.1 Å². The number of hydrogen-bond donors (Lipinski definition) is 1. The Kier molecular flexibility index (Phi) is 5.23. The minimum Gasteiger partial charge on any atom is -0.370 e. The Labute approximate surface area is 162 Å². The third-order valence-corrected chi connectivity index (χ3v) is 4.95. The maximum Gasteiger partial charge on any atom is 0.252 e. The number of fused-ring (bicyclic) bond motifs is 1. The quantitative estimate of drug-likeness (QED) is 0.734. The van der Waals surface area contributed by atoms with Crippen LogP contribution in [-0.2, 0) is 17.7 Å². The van der Waals surface area contributed by atoms with Crippen molar-refractivity contribution in [3.63, 3.8) is 0 Å². The van der Waals surface area contributed by atoms with Gasteiger partial charge in [-0.25, -0.2) is 0 Å². The van der Waals surface area contributed by atoms with E-state index in [1.807, 2.05) is 22.9 Å². The highest BCUT2D eigenvalue weighted by molar-refractivity contribution is 6.33. The second-order valence-corrected chi connectivity index (χ2v) is 6.93. The summed E-state index contributed by atoms with van der Waals surface area (Å²) in [6, 6.07) is 17.2. The predicted octanol–water partition coefficient (Wildman–Crippen LogP) is 3.63. The molecule has 0 saturated carbocycles. The maximum absolute atomic E-state index is 12.4. The molecule has 1 amide bonds. The fraction of sp³-hybridized carbons (Fsp3) is 0.238. The molecule has 27 heavy (non-hydrogen) atoms. The highest BCUT2D eigenvalue weighted by Gasteiger charge is 2.25. The van der Waals surface area contributed by atoms with Gasteiger partial charge < -0.3 is 10.1 Å². The number of hydrogen-bond acceptors (Lipinski definition) is 3. The summed E-state index contributed by atoms with van der Waals surface area (Å²) in [6.07, 6.45) is 2.66. The third kappa shape index (κ3) is 4.04. The van der Waals surface area contributed by atoms with Crippen LogP contribution in [0.15, 0.2) is 60.8 Å². The van der Waals surface area contributed by atoms with E-state index in [1.165, 1.54) is 11.1 Å². The Morgan fingerprint density at radius 2 is 1.96 bits per heavy atom. The number of halogens is 1. The molecule has 1 aliphatic heterocycles. The molecule has 138 valence electrons. The van der Waals surface area contributed by atoms with E-state index in [1.54, 1.807) is 24.3 Å². The van der Waals surface area contributed by atoms with Gasteiger partial charge in [-0.3, -0.25) is 9.48 Å². The molecule has 1 N–H and O–H groups in total. The van der Waals surface area contributed by atoms with E-state index in [0.717, 1.165) is 12.1 Å². The lowest BCUT2D eigenvalue weighted by Gasteiger charge is -2.22. The van der Waals surface area contributed by atoms with Crippen LogP contribution in [0.3, 0.4) is 0 Å². The van der Waals surface area contributed by atoms with Gasteiger partial charge in [0.25, 0.3) is 5.91 Å². The number of ether oxygens (including phenoxy) is 1. The van der Waals surface area contributed by atoms with E-state index in [-0.39, 0.29) is 12.0 Å². The fourth-order valence-corrected chi connectivity index (χ4v) is 3.49. The first-order valence-electron chi connectivity index (χ1n) is 8.95. The molecule has 4 rings (SSSR count). The highest BCUT2D eigenvalue weighted by Crippen LogP contribution is 2.26. The van der Waals surface area contributed by atoms with E-state index in [2.05, 4.69) is 23.6 Å². The molecule has 5 nitrogen and oxygen atoms in total. The van der Waals surface area contributed by atoms with Crippen LogP contribution in [0.2, 0.25) is 5.02 Å². The molecule has 1 aliphatic rings. The smallest absolute Gasteiger partial charge is 0.252 e. The molecule has 2 heterocycles. The van der Waals surface area contributed by atoms with E-state index in [4.69, 9.17) is 21.4 Å². The van der Waals surface area contributed by atoms with Crippen molar-refractivity contribution in [3.05, 3.63) is 88.2 Å². The summed E-state index contributed by atoms with van der Waals surface area (Å²) in [4.78, 5) is 12.4. The molecule has 2 aromatic carbocycles. The Morgan fingerprint density at radius 1 is 1.19 bits per heavy atom. The Morgan fingerprint density at radius 3 is 2.78 bits per heavy atom. The Bertz CT molecular complexity index is 940. The van der Waals surface area contributed by atoms with Crippen LogP contribution in [0.1, 0.15) is 33.3 Å². The zero-order chi connectivity index (χ0) is 18.6. The van der Waals surface area contributed by atoms with Gasteiger partial charge >= 0.3 is 0 Å². The van der Waals surface area contributed by atoms with Gasteiger partial charge in [0.15, 0.2) is 0 Å². The summed E-state index contributed by atoms with van der Waals surface area (Å²) in [5.74, 6) is -0.208. The maximum atomic E-state index is 12.4. The number of amides is 1. The number of carbonyl (C=O) groups is 1. The number of carbonyl (C=O) groups excluding carboxylic acids is 1. The number of nitrogens with one attached hydrogen (secondary N) is 1. The summed E-state index contributed by atoms with van der Waals surface area (Å²) in [5.41, 5.74) is 3.73. The van der Waals surface area contributed by atoms with Crippen molar-refractivity contribution < 1.29 is 9.53 Å². The zero-order valence-corrected chi connectivity index (χ0v) is 15.5. The van der Waals surface area contributed by atoms with Crippen LogP contribution in [0, 0.1) is 0 Å². The SMILES string of the molecule is O=C(NCC1OCCc2cn(Cc3ccccc3)nc21)c1ccccc1Cl. The molecular formula is C21H20ClN3O2. The summed E-state index contributed by atoms with van der Waals surface area (Å²) < 4.78 is 7.80. The minimum absolute atomic E-state index is 0.208. The minimum atomic E-state index is -0.253. The van der Waals surface area contributed by atoms with Crippen molar-refractivity contribution in [3.8, 4) is 0 Å². The molecule has 6 heteroatoms. The van der Waals surface area contributed by atoms with Gasteiger partial charge in [0.2, 0.25) is 0 Å². The molecule has 0 saturated heterocycles. The Hall–Kier alpha value is -2.63. The first kappa shape index (κ1) is 17.8. The van der Waals surface area contributed by atoms with Crippen molar-refractivity contribution in [1.82, 2.24) is 15.1 Å². The van der Waals surface area contributed by atoms with Crippen LogP contribution in [0.5, 0.6) is 0 Å². The van der Waals surface area contributed by atoms with Gasteiger partial charge in [-0.1, -0.05) is 54.1 Å². The average Bonchev–Trinajstić information content (AvgIpc) is 3.10. The van der Waals surface area contributed by atoms with Gasteiger partial charge in [0, 0.05) is 12.7 Å². The van der Waals surface area contributed by atoms with Crippen LogP contribution >= 0.6 is 11.6 Å². The van der Waals surface area contributed by atoms with E-state index >= 15 is 0 Å². The third-order valence-electron chi connectivity index (χ3n) is 4.62.